The number of ether oxygens (including phenoxy) is 1. The van der Waals surface area contributed by atoms with Crippen LogP contribution in [0.3, 0.4) is 0 Å². The van der Waals surface area contributed by atoms with Gasteiger partial charge in [0.15, 0.2) is 5.96 Å². The number of likely N-dealkylation sites (tertiary alicyclic amines) is 1. The first-order chi connectivity index (χ1) is 12.3. The Morgan fingerprint density at radius 3 is 2.48 bits per heavy atom. The summed E-state index contributed by atoms with van der Waals surface area (Å²) in [4.78, 5) is 6.82. The van der Waals surface area contributed by atoms with Gasteiger partial charge in [0.05, 0.1) is 6.61 Å². The molecule has 1 saturated heterocycles. The first-order valence-electron chi connectivity index (χ1n) is 9.64. The molecule has 1 aliphatic heterocycles. The van der Waals surface area contributed by atoms with Gasteiger partial charge in [-0.1, -0.05) is 24.1 Å². The van der Waals surface area contributed by atoms with E-state index in [0.717, 1.165) is 50.8 Å². The number of piperidine rings is 1. The summed E-state index contributed by atoms with van der Waals surface area (Å²) in [5, 5.41) is 6.78. The average molecular weight is 347 g/mol. The molecule has 0 spiro atoms. The van der Waals surface area contributed by atoms with Gasteiger partial charge in [-0.15, -0.1) is 0 Å². The van der Waals surface area contributed by atoms with Crippen LogP contribution >= 0.6 is 0 Å². The lowest BCUT2D eigenvalue weighted by molar-refractivity contribution is 0.232. The number of rotatable bonds is 9. The highest BCUT2D eigenvalue weighted by atomic mass is 16.5. The molecule has 0 bridgehead atoms. The zero-order valence-corrected chi connectivity index (χ0v) is 15.9. The lowest BCUT2D eigenvalue weighted by Gasteiger charge is -2.26. The number of nitrogens with zero attached hydrogens (tertiary/aromatic N) is 2. The SMILES string of the molecule is CN=C(NCCCCOc1ccc(C)cc1)NCCN1CCCCC1. The van der Waals surface area contributed by atoms with Gasteiger partial charge in [0.2, 0.25) is 0 Å². The third kappa shape index (κ3) is 8.25. The fourth-order valence-corrected chi connectivity index (χ4v) is 2.99. The van der Waals surface area contributed by atoms with Crippen LogP contribution in [0.4, 0.5) is 0 Å². The Bertz CT molecular complexity index is 495. The Kier molecular flexibility index (Phi) is 9.19. The minimum absolute atomic E-state index is 0.756. The molecule has 0 atom stereocenters. The monoisotopic (exact) mass is 346 g/mol. The number of hydrogen-bond donors (Lipinski definition) is 2. The largest absolute Gasteiger partial charge is 0.494 e. The Morgan fingerprint density at radius 2 is 1.76 bits per heavy atom. The van der Waals surface area contributed by atoms with Gasteiger partial charge in [-0.2, -0.15) is 0 Å². The second-order valence-corrected chi connectivity index (χ2v) is 6.70. The number of guanidine groups is 1. The molecule has 140 valence electrons. The molecule has 5 heteroatoms. The highest BCUT2D eigenvalue weighted by molar-refractivity contribution is 5.79. The minimum Gasteiger partial charge on any atom is -0.494 e. The molecule has 0 unspecified atom stereocenters. The third-order valence-electron chi connectivity index (χ3n) is 4.55. The number of benzene rings is 1. The maximum atomic E-state index is 5.75. The quantitative estimate of drug-likeness (QED) is 0.410. The zero-order chi connectivity index (χ0) is 17.7. The molecule has 0 saturated carbocycles. The molecule has 1 aromatic carbocycles. The summed E-state index contributed by atoms with van der Waals surface area (Å²) in [5.74, 6) is 1.85. The van der Waals surface area contributed by atoms with Crippen LogP contribution in [0.2, 0.25) is 0 Å². The highest BCUT2D eigenvalue weighted by Gasteiger charge is 2.09. The first-order valence-corrected chi connectivity index (χ1v) is 9.64. The molecule has 2 N–H and O–H groups in total. The summed E-state index contributed by atoms with van der Waals surface area (Å²) < 4.78 is 5.75. The van der Waals surface area contributed by atoms with Crippen molar-refractivity contribution in [1.82, 2.24) is 15.5 Å². The Hall–Kier alpha value is -1.75. The van der Waals surface area contributed by atoms with Gasteiger partial charge in [0, 0.05) is 26.7 Å². The van der Waals surface area contributed by atoms with E-state index in [2.05, 4.69) is 39.6 Å². The lowest BCUT2D eigenvalue weighted by Crippen LogP contribution is -2.42. The predicted molar refractivity (Wildman–Crippen MR) is 106 cm³/mol. The van der Waals surface area contributed by atoms with Gasteiger partial charge in [-0.05, 0) is 57.8 Å². The molecule has 1 aromatic rings. The van der Waals surface area contributed by atoms with E-state index >= 15 is 0 Å². The second-order valence-electron chi connectivity index (χ2n) is 6.70. The number of hydrogen-bond acceptors (Lipinski definition) is 3. The van der Waals surface area contributed by atoms with Crippen LogP contribution in [0.1, 0.15) is 37.7 Å². The van der Waals surface area contributed by atoms with E-state index in [1.807, 2.05) is 19.2 Å². The van der Waals surface area contributed by atoms with Gasteiger partial charge in [-0.25, -0.2) is 0 Å². The maximum Gasteiger partial charge on any atom is 0.191 e. The summed E-state index contributed by atoms with van der Waals surface area (Å²) in [6.07, 6.45) is 6.18. The van der Waals surface area contributed by atoms with Crippen LogP contribution in [-0.2, 0) is 0 Å². The fourth-order valence-electron chi connectivity index (χ4n) is 2.99. The molecular formula is C20H34N4O. The smallest absolute Gasteiger partial charge is 0.191 e. The summed E-state index contributed by atoms with van der Waals surface area (Å²) in [7, 11) is 1.83. The normalized spacial score (nSPS) is 15.8. The zero-order valence-electron chi connectivity index (χ0n) is 15.9. The third-order valence-corrected chi connectivity index (χ3v) is 4.55. The van der Waals surface area contributed by atoms with Crippen LogP contribution in [0.5, 0.6) is 5.75 Å². The summed E-state index contributed by atoms with van der Waals surface area (Å²) >= 11 is 0. The highest BCUT2D eigenvalue weighted by Crippen LogP contribution is 2.11. The standard InChI is InChI=1S/C20H34N4O/c1-18-8-10-19(11-9-18)25-17-7-4-12-22-20(21-2)23-13-16-24-14-5-3-6-15-24/h8-11H,3-7,12-17H2,1-2H3,(H2,21,22,23). The minimum atomic E-state index is 0.756. The maximum absolute atomic E-state index is 5.75. The number of aryl methyl sites for hydroxylation is 1. The number of nitrogens with one attached hydrogen (secondary N) is 2. The van der Waals surface area contributed by atoms with Crippen LogP contribution in [0.15, 0.2) is 29.3 Å². The van der Waals surface area contributed by atoms with Gasteiger partial charge in [-0.3, -0.25) is 4.99 Å². The van der Waals surface area contributed by atoms with Crippen molar-refractivity contribution in [2.45, 2.75) is 39.0 Å². The van der Waals surface area contributed by atoms with E-state index in [1.54, 1.807) is 0 Å². The van der Waals surface area contributed by atoms with Crippen molar-refractivity contribution in [2.75, 3.05) is 46.4 Å². The molecule has 0 radical (unpaired) electrons. The molecule has 0 amide bonds. The van der Waals surface area contributed by atoms with Crippen molar-refractivity contribution in [1.29, 1.82) is 0 Å². The van der Waals surface area contributed by atoms with Crippen molar-refractivity contribution >= 4 is 5.96 Å². The summed E-state index contributed by atoms with van der Waals surface area (Å²) in [6.45, 7) is 8.31. The van der Waals surface area contributed by atoms with E-state index in [0.29, 0.717) is 0 Å². The van der Waals surface area contributed by atoms with Crippen molar-refractivity contribution in [3.05, 3.63) is 29.8 Å². The Balaban J connectivity index is 1.48. The van der Waals surface area contributed by atoms with Crippen molar-refractivity contribution in [3.63, 3.8) is 0 Å². The predicted octanol–water partition coefficient (Wildman–Crippen LogP) is 2.80. The number of unbranched alkanes of at least 4 members (excludes halogenated alkanes) is 1. The van der Waals surface area contributed by atoms with E-state index in [-0.39, 0.29) is 0 Å². The van der Waals surface area contributed by atoms with Crippen LogP contribution in [0, 0.1) is 6.92 Å². The molecule has 1 fully saturated rings. The molecule has 1 aliphatic rings. The van der Waals surface area contributed by atoms with E-state index < -0.39 is 0 Å². The van der Waals surface area contributed by atoms with Crippen LogP contribution in [0.25, 0.3) is 0 Å². The molecule has 5 nitrogen and oxygen atoms in total. The first kappa shape index (κ1) is 19.6. The molecule has 0 aromatic heterocycles. The van der Waals surface area contributed by atoms with E-state index in [1.165, 1.54) is 37.9 Å². The van der Waals surface area contributed by atoms with Gasteiger partial charge in [0.25, 0.3) is 0 Å². The van der Waals surface area contributed by atoms with Crippen molar-refractivity contribution in [2.24, 2.45) is 4.99 Å². The number of aliphatic imine (C=N–C) groups is 1. The Morgan fingerprint density at radius 1 is 1.04 bits per heavy atom. The Labute approximate surface area is 152 Å². The average Bonchev–Trinajstić information content (AvgIpc) is 2.65. The topological polar surface area (TPSA) is 48.9 Å². The molecule has 2 rings (SSSR count). The van der Waals surface area contributed by atoms with Gasteiger partial charge < -0.3 is 20.3 Å². The van der Waals surface area contributed by atoms with Crippen molar-refractivity contribution in [3.8, 4) is 5.75 Å². The van der Waals surface area contributed by atoms with Crippen LogP contribution in [-0.4, -0.2) is 57.2 Å². The van der Waals surface area contributed by atoms with E-state index in [9.17, 15) is 0 Å². The van der Waals surface area contributed by atoms with Gasteiger partial charge >= 0.3 is 0 Å². The van der Waals surface area contributed by atoms with Crippen molar-refractivity contribution < 1.29 is 4.74 Å². The molecule has 1 heterocycles. The molecule has 25 heavy (non-hydrogen) atoms. The lowest BCUT2D eigenvalue weighted by atomic mass is 10.1. The summed E-state index contributed by atoms with van der Waals surface area (Å²) in [5.41, 5.74) is 1.26. The van der Waals surface area contributed by atoms with E-state index in [4.69, 9.17) is 4.74 Å². The van der Waals surface area contributed by atoms with Crippen LogP contribution < -0.4 is 15.4 Å². The fraction of sp³-hybridized carbons (Fsp3) is 0.650. The summed E-state index contributed by atoms with van der Waals surface area (Å²) in [6, 6.07) is 8.22. The van der Waals surface area contributed by atoms with Gasteiger partial charge in [0.1, 0.15) is 5.75 Å². The second kappa shape index (κ2) is 11.7. The molecule has 0 aliphatic carbocycles. The molecular weight excluding hydrogens is 312 g/mol.